The van der Waals surface area contributed by atoms with E-state index in [1.807, 2.05) is 6.07 Å². The Bertz CT molecular complexity index is 899. The number of halogens is 3. The molecule has 8 heteroatoms. The lowest BCUT2D eigenvalue weighted by Crippen LogP contribution is -2.34. The van der Waals surface area contributed by atoms with Crippen molar-refractivity contribution in [2.45, 2.75) is 25.6 Å². The van der Waals surface area contributed by atoms with Crippen molar-refractivity contribution in [3.63, 3.8) is 0 Å². The molecular formula is C21H21F3N2O3. The molecule has 1 unspecified atom stereocenters. The maximum atomic E-state index is 12.8. The number of carbonyl (C=O) groups excluding carboxylic acids is 2. The summed E-state index contributed by atoms with van der Waals surface area (Å²) in [6.45, 7) is 0.573. The van der Waals surface area contributed by atoms with Crippen LogP contribution in [0.5, 0.6) is 5.75 Å². The molecule has 1 heterocycles. The first-order chi connectivity index (χ1) is 13.7. The molecule has 2 aromatic carbocycles. The number of benzene rings is 2. The standard InChI is InChI=1S/C21H21F3N2O3/c22-21(23,24)17-5-1-4-15(9-17)12-26-13-16(11-19(26)28)20(29)25-8-7-14-3-2-6-18(27)10-14/h1-6,9-10,16,27H,7-8,11-13H2,(H,25,29). The van der Waals surface area contributed by atoms with Crippen LogP contribution in [0.15, 0.2) is 48.5 Å². The third-order valence-corrected chi connectivity index (χ3v) is 4.84. The summed E-state index contributed by atoms with van der Waals surface area (Å²) in [5.41, 5.74) is 0.486. The fraction of sp³-hybridized carbons (Fsp3) is 0.333. The van der Waals surface area contributed by atoms with Crippen LogP contribution in [0, 0.1) is 5.92 Å². The molecule has 5 nitrogen and oxygen atoms in total. The van der Waals surface area contributed by atoms with Gasteiger partial charge >= 0.3 is 6.18 Å². The highest BCUT2D eigenvalue weighted by molar-refractivity contribution is 5.89. The van der Waals surface area contributed by atoms with Gasteiger partial charge in [-0.05, 0) is 41.8 Å². The number of nitrogens with zero attached hydrogens (tertiary/aromatic N) is 1. The Balaban J connectivity index is 1.52. The van der Waals surface area contributed by atoms with Crippen molar-refractivity contribution in [1.82, 2.24) is 10.2 Å². The molecule has 2 N–H and O–H groups in total. The predicted molar refractivity (Wildman–Crippen MR) is 99.8 cm³/mol. The molecule has 1 aliphatic rings. The SMILES string of the molecule is O=C(NCCc1cccc(O)c1)C1CC(=O)N(Cc2cccc(C(F)(F)F)c2)C1. The monoisotopic (exact) mass is 406 g/mol. The number of phenols is 1. The van der Waals surface area contributed by atoms with E-state index in [-0.39, 0.29) is 37.1 Å². The van der Waals surface area contributed by atoms with Gasteiger partial charge in [-0.3, -0.25) is 9.59 Å². The number of amides is 2. The van der Waals surface area contributed by atoms with Gasteiger partial charge in [-0.1, -0.05) is 24.3 Å². The maximum Gasteiger partial charge on any atom is 0.416 e. The van der Waals surface area contributed by atoms with Crippen molar-refractivity contribution in [1.29, 1.82) is 0 Å². The smallest absolute Gasteiger partial charge is 0.416 e. The van der Waals surface area contributed by atoms with Crippen molar-refractivity contribution < 1.29 is 27.9 Å². The minimum absolute atomic E-state index is 0.0375. The van der Waals surface area contributed by atoms with Gasteiger partial charge in [0.15, 0.2) is 0 Å². The highest BCUT2D eigenvalue weighted by atomic mass is 19.4. The van der Waals surface area contributed by atoms with E-state index >= 15 is 0 Å². The van der Waals surface area contributed by atoms with Crippen LogP contribution in [0.1, 0.15) is 23.1 Å². The van der Waals surface area contributed by atoms with Crippen LogP contribution >= 0.6 is 0 Å². The minimum atomic E-state index is -4.44. The molecule has 29 heavy (non-hydrogen) atoms. The summed E-state index contributed by atoms with van der Waals surface area (Å²) in [7, 11) is 0. The summed E-state index contributed by atoms with van der Waals surface area (Å²) < 4.78 is 38.5. The molecule has 0 spiro atoms. The summed E-state index contributed by atoms with van der Waals surface area (Å²) >= 11 is 0. The quantitative estimate of drug-likeness (QED) is 0.775. The Kier molecular flexibility index (Phi) is 6.10. The van der Waals surface area contributed by atoms with Crippen LogP contribution in [0.2, 0.25) is 0 Å². The molecule has 0 radical (unpaired) electrons. The number of likely N-dealkylation sites (tertiary alicyclic amines) is 1. The highest BCUT2D eigenvalue weighted by Crippen LogP contribution is 2.30. The lowest BCUT2D eigenvalue weighted by Gasteiger charge is -2.17. The molecule has 0 saturated carbocycles. The largest absolute Gasteiger partial charge is 0.508 e. The van der Waals surface area contributed by atoms with Crippen molar-refractivity contribution in [3.8, 4) is 5.75 Å². The maximum absolute atomic E-state index is 12.8. The molecule has 2 amide bonds. The van der Waals surface area contributed by atoms with Crippen molar-refractivity contribution >= 4 is 11.8 Å². The molecule has 0 aliphatic carbocycles. The Hall–Kier alpha value is -3.03. The third kappa shape index (κ3) is 5.49. The number of phenolic OH excluding ortho intramolecular Hbond substituents is 1. The first kappa shape index (κ1) is 20.7. The van der Waals surface area contributed by atoms with Gasteiger partial charge in [-0.15, -0.1) is 0 Å². The molecule has 0 aromatic heterocycles. The molecule has 3 rings (SSSR count). The first-order valence-electron chi connectivity index (χ1n) is 9.22. The second-order valence-electron chi connectivity index (χ2n) is 7.08. The minimum Gasteiger partial charge on any atom is -0.508 e. The lowest BCUT2D eigenvalue weighted by atomic mass is 10.1. The summed E-state index contributed by atoms with van der Waals surface area (Å²) in [5.74, 6) is -0.890. The van der Waals surface area contributed by atoms with Crippen LogP contribution in [-0.4, -0.2) is 34.9 Å². The number of alkyl halides is 3. The number of hydrogen-bond donors (Lipinski definition) is 2. The molecule has 1 atom stereocenters. The van der Waals surface area contributed by atoms with E-state index < -0.39 is 17.7 Å². The van der Waals surface area contributed by atoms with Gasteiger partial charge in [-0.25, -0.2) is 0 Å². The van der Waals surface area contributed by atoms with E-state index in [9.17, 15) is 27.9 Å². The average molecular weight is 406 g/mol. The van der Waals surface area contributed by atoms with Crippen molar-refractivity contribution in [2.24, 2.45) is 5.92 Å². The third-order valence-electron chi connectivity index (χ3n) is 4.84. The number of nitrogens with one attached hydrogen (secondary N) is 1. The van der Waals surface area contributed by atoms with Gasteiger partial charge in [-0.2, -0.15) is 13.2 Å². The zero-order valence-corrected chi connectivity index (χ0v) is 15.6. The number of carbonyl (C=O) groups is 2. The molecule has 0 bridgehead atoms. The number of rotatable bonds is 6. The second-order valence-corrected chi connectivity index (χ2v) is 7.08. The number of hydrogen-bond acceptors (Lipinski definition) is 3. The Labute approximate surface area is 166 Å². The molecule has 154 valence electrons. The van der Waals surface area contributed by atoms with Gasteiger partial charge in [0.05, 0.1) is 11.5 Å². The lowest BCUT2D eigenvalue weighted by molar-refractivity contribution is -0.137. The summed E-state index contributed by atoms with van der Waals surface area (Å²) in [5, 5.41) is 12.2. The van der Waals surface area contributed by atoms with Crippen LogP contribution in [0.3, 0.4) is 0 Å². The van der Waals surface area contributed by atoms with E-state index in [4.69, 9.17) is 0 Å². The Morgan fingerprint density at radius 2 is 1.86 bits per heavy atom. The summed E-state index contributed by atoms with van der Waals surface area (Å²) in [6, 6.07) is 11.6. The van der Waals surface area contributed by atoms with Gasteiger partial charge in [0.25, 0.3) is 0 Å². The predicted octanol–water partition coefficient (Wildman–Crippen LogP) is 3.12. The van der Waals surface area contributed by atoms with E-state index in [0.29, 0.717) is 18.5 Å². The normalized spacial score (nSPS) is 16.9. The second kappa shape index (κ2) is 8.55. The van der Waals surface area contributed by atoms with E-state index in [1.54, 1.807) is 18.2 Å². The van der Waals surface area contributed by atoms with Crippen LogP contribution < -0.4 is 5.32 Å². The first-order valence-corrected chi connectivity index (χ1v) is 9.22. The van der Waals surface area contributed by atoms with Crippen LogP contribution in [0.4, 0.5) is 13.2 Å². The van der Waals surface area contributed by atoms with Crippen molar-refractivity contribution in [2.75, 3.05) is 13.1 Å². The van der Waals surface area contributed by atoms with E-state index in [0.717, 1.165) is 17.7 Å². The molecule has 2 aromatic rings. The fourth-order valence-corrected chi connectivity index (χ4v) is 3.35. The van der Waals surface area contributed by atoms with Gasteiger partial charge in [0.1, 0.15) is 5.75 Å². The van der Waals surface area contributed by atoms with Crippen molar-refractivity contribution in [3.05, 3.63) is 65.2 Å². The average Bonchev–Trinajstić information content (AvgIpc) is 3.02. The van der Waals surface area contributed by atoms with Crippen LogP contribution in [0.25, 0.3) is 0 Å². The molecular weight excluding hydrogens is 385 g/mol. The number of aromatic hydroxyl groups is 1. The molecule has 1 aliphatic heterocycles. The zero-order chi connectivity index (χ0) is 21.0. The van der Waals surface area contributed by atoms with E-state index in [2.05, 4.69) is 5.32 Å². The Morgan fingerprint density at radius 1 is 1.14 bits per heavy atom. The summed E-state index contributed by atoms with van der Waals surface area (Å²) in [4.78, 5) is 26.0. The topological polar surface area (TPSA) is 69.6 Å². The van der Waals surface area contributed by atoms with E-state index in [1.165, 1.54) is 17.0 Å². The Morgan fingerprint density at radius 3 is 2.59 bits per heavy atom. The van der Waals surface area contributed by atoms with Gasteiger partial charge in [0.2, 0.25) is 11.8 Å². The van der Waals surface area contributed by atoms with Gasteiger partial charge in [0, 0.05) is 26.1 Å². The van der Waals surface area contributed by atoms with Crippen LogP contribution in [-0.2, 0) is 28.7 Å². The molecule has 1 saturated heterocycles. The van der Waals surface area contributed by atoms with Gasteiger partial charge < -0.3 is 15.3 Å². The highest BCUT2D eigenvalue weighted by Gasteiger charge is 2.35. The summed E-state index contributed by atoms with van der Waals surface area (Å²) in [6.07, 6.45) is -3.87. The fourth-order valence-electron chi connectivity index (χ4n) is 3.35. The zero-order valence-electron chi connectivity index (χ0n) is 15.6. The molecule has 1 fully saturated rings.